The highest BCUT2D eigenvalue weighted by Gasteiger charge is 2.32. The average Bonchev–Trinajstić information content (AvgIpc) is 3.66. The van der Waals surface area contributed by atoms with E-state index in [0.717, 1.165) is 38.0 Å². The van der Waals surface area contributed by atoms with Crippen LogP contribution in [0, 0.1) is 5.92 Å². The van der Waals surface area contributed by atoms with Crippen LogP contribution in [0.15, 0.2) is 30.9 Å². The van der Waals surface area contributed by atoms with Crippen molar-refractivity contribution in [3.8, 4) is 16.9 Å². The first kappa shape index (κ1) is 24.9. The highest BCUT2D eigenvalue weighted by Crippen LogP contribution is 2.34. The zero-order chi connectivity index (χ0) is 26.4. The summed E-state index contributed by atoms with van der Waals surface area (Å²) in [6.45, 7) is 6.33. The van der Waals surface area contributed by atoms with E-state index in [-0.39, 0.29) is 35.5 Å². The summed E-state index contributed by atoms with van der Waals surface area (Å²) in [5.74, 6) is 1.07. The summed E-state index contributed by atoms with van der Waals surface area (Å²) in [4.78, 5) is 7.09. The molecule has 0 atom stereocenters. The molecule has 11 nitrogen and oxygen atoms in total. The van der Waals surface area contributed by atoms with Gasteiger partial charge in [0.15, 0.2) is 11.3 Å². The molecule has 2 fully saturated rings. The molecule has 1 aliphatic heterocycles. The molecule has 202 valence electrons. The quantitative estimate of drug-likeness (QED) is 0.406. The van der Waals surface area contributed by atoms with Gasteiger partial charge in [0.1, 0.15) is 17.2 Å². The summed E-state index contributed by atoms with van der Waals surface area (Å²) >= 11 is 0. The Hall–Kier alpha value is -3.45. The number of alkyl halides is 2. The van der Waals surface area contributed by atoms with Crippen LogP contribution in [0.1, 0.15) is 57.7 Å². The van der Waals surface area contributed by atoms with Crippen molar-refractivity contribution in [3.05, 3.63) is 36.5 Å². The number of hydrogen-bond acceptors (Lipinski definition) is 8. The smallest absolute Gasteiger partial charge is 0.284 e. The van der Waals surface area contributed by atoms with Crippen molar-refractivity contribution in [3.63, 3.8) is 0 Å². The molecule has 0 bridgehead atoms. The minimum absolute atomic E-state index is 0.0127. The molecule has 1 N–H and O–H groups in total. The van der Waals surface area contributed by atoms with Crippen LogP contribution in [0.25, 0.3) is 22.6 Å². The van der Waals surface area contributed by atoms with Gasteiger partial charge in [0.05, 0.1) is 48.9 Å². The molecule has 0 amide bonds. The number of anilines is 1. The van der Waals surface area contributed by atoms with Gasteiger partial charge in [-0.1, -0.05) is 5.21 Å². The Morgan fingerprint density at radius 2 is 2.00 bits per heavy atom. The van der Waals surface area contributed by atoms with Gasteiger partial charge in [-0.2, -0.15) is 10.2 Å². The number of aliphatic hydroxyl groups is 1. The fourth-order valence-electron chi connectivity index (χ4n) is 5.49. The van der Waals surface area contributed by atoms with Crippen LogP contribution in [0.2, 0.25) is 0 Å². The largest absolute Gasteiger partial charge is 0.396 e. The second-order valence-corrected chi connectivity index (χ2v) is 10.7. The maximum Gasteiger partial charge on any atom is 0.284 e. The van der Waals surface area contributed by atoms with E-state index in [0.29, 0.717) is 30.1 Å². The molecule has 0 aromatic carbocycles. The van der Waals surface area contributed by atoms with Crippen molar-refractivity contribution in [2.75, 3.05) is 31.3 Å². The molecular formula is C25H31F2N9O2. The Morgan fingerprint density at radius 1 is 1.18 bits per heavy atom. The maximum absolute atomic E-state index is 14.0. The number of halogens is 2. The van der Waals surface area contributed by atoms with Crippen LogP contribution >= 0.6 is 0 Å². The van der Waals surface area contributed by atoms with Crippen molar-refractivity contribution in [2.24, 2.45) is 5.92 Å². The molecule has 0 unspecified atom stereocenters. The normalized spacial score (nSPS) is 22.0. The van der Waals surface area contributed by atoms with Crippen LogP contribution in [-0.4, -0.2) is 76.4 Å². The molecule has 4 aromatic rings. The van der Waals surface area contributed by atoms with Crippen molar-refractivity contribution in [1.82, 2.24) is 39.4 Å². The molecule has 13 heteroatoms. The summed E-state index contributed by atoms with van der Waals surface area (Å²) in [6, 6.07) is 1.93. The summed E-state index contributed by atoms with van der Waals surface area (Å²) in [6.07, 6.45) is 7.24. The Kier molecular flexibility index (Phi) is 6.34. The van der Waals surface area contributed by atoms with E-state index in [1.54, 1.807) is 27.8 Å². The van der Waals surface area contributed by atoms with Crippen LogP contribution < -0.4 is 4.90 Å². The summed E-state index contributed by atoms with van der Waals surface area (Å²) in [7, 11) is 0. The lowest BCUT2D eigenvalue weighted by Gasteiger charge is -2.42. The van der Waals surface area contributed by atoms with E-state index in [2.05, 4.69) is 39.3 Å². The van der Waals surface area contributed by atoms with Crippen LogP contribution in [0.4, 0.5) is 14.6 Å². The fourth-order valence-corrected chi connectivity index (χ4v) is 5.49. The third-order valence-corrected chi connectivity index (χ3v) is 7.69. The van der Waals surface area contributed by atoms with Crippen molar-refractivity contribution < 1.29 is 18.6 Å². The van der Waals surface area contributed by atoms with Crippen molar-refractivity contribution in [2.45, 2.75) is 57.5 Å². The average molecular weight is 528 g/mol. The lowest BCUT2D eigenvalue weighted by atomic mass is 9.87. The minimum Gasteiger partial charge on any atom is -0.396 e. The summed E-state index contributed by atoms with van der Waals surface area (Å²) in [5, 5.41) is 26.5. The second kappa shape index (κ2) is 9.70. The number of morpholine rings is 1. The Morgan fingerprint density at radius 3 is 2.74 bits per heavy atom. The molecule has 0 spiro atoms. The zero-order valence-electron chi connectivity index (χ0n) is 21.4. The lowest BCUT2D eigenvalue weighted by Crippen LogP contribution is -2.53. The van der Waals surface area contributed by atoms with E-state index in [4.69, 9.17) is 9.72 Å². The first-order valence-electron chi connectivity index (χ1n) is 12.9. The standard InChI is InChI=1S/C25H31F2N9O2/c1-25(2)15-38-10-9-33(25)21-7-8-34-24(29-21)18(11-28-34)19-12-36(32-30-19)20-13-35(31-22(20)23(26)27)17-5-3-16(14-37)4-6-17/h7-8,11-13,16-17,23,37H,3-6,9-10,14-15H2,1-2H3. The highest BCUT2D eigenvalue weighted by molar-refractivity contribution is 5.75. The number of rotatable bonds is 6. The molecule has 0 radical (unpaired) electrons. The van der Waals surface area contributed by atoms with E-state index in [1.165, 1.54) is 4.68 Å². The molecule has 38 heavy (non-hydrogen) atoms. The Balaban J connectivity index is 1.32. The predicted octanol–water partition coefficient (Wildman–Crippen LogP) is 3.45. The number of nitrogens with zero attached hydrogens (tertiary/aromatic N) is 9. The van der Waals surface area contributed by atoms with Crippen LogP contribution in [0.5, 0.6) is 0 Å². The Labute approximate surface area is 218 Å². The molecule has 1 saturated heterocycles. The summed E-state index contributed by atoms with van der Waals surface area (Å²) in [5.41, 5.74) is 1.38. The zero-order valence-corrected chi connectivity index (χ0v) is 21.4. The van der Waals surface area contributed by atoms with Gasteiger partial charge in [0.2, 0.25) is 0 Å². The van der Waals surface area contributed by atoms with Gasteiger partial charge in [-0.25, -0.2) is 23.0 Å². The number of fused-ring (bicyclic) bond motifs is 1. The van der Waals surface area contributed by atoms with E-state index in [9.17, 15) is 13.9 Å². The van der Waals surface area contributed by atoms with Gasteiger partial charge in [-0.15, -0.1) is 5.10 Å². The van der Waals surface area contributed by atoms with E-state index >= 15 is 0 Å². The summed E-state index contributed by atoms with van der Waals surface area (Å²) < 4.78 is 38.2. The first-order chi connectivity index (χ1) is 18.3. The van der Waals surface area contributed by atoms with Gasteiger partial charge in [-0.05, 0) is 51.5 Å². The van der Waals surface area contributed by atoms with E-state index < -0.39 is 6.43 Å². The second-order valence-electron chi connectivity index (χ2n) is 10.7. The van der Waals surface area contributed by atoms with Gasteiger partial charge in [0, 0.05) is 19.3 Å². The molecule has 5 heterocycles. The van der Waals surface area contributed by atoms with Gasteiger partial charge in [0.25, 0.3) is 6.43 Å². The lowest BCUT2D eigenvalue weighted by molar-refractivity contribution is 0.0639. The van der Waals surface area contributed by atoms with Crippen LogP contribution in [-0.2, 0) is 4.74 Å². The molecule has 6 rings (SSSR count). The number of ether oxygens (including phenoxy) is 1. The molecular weight excluding hydrogens is 496 g/mol. The number of aromatic nitrogens is 8. The third kappa shape index (κ3) is 4.43. The van der Waals surface area contributed by atoms with E-state index in [1.807, 2.05) is 12.3 Å². The predicted molar refractivity (Wildman–Crippen MR) is 134 cm³/mol. The Bertz CT molecular complexity index is 1420. The molecule has 4 aromatic heterocycles. The van der Waals surface area contributed by atoms with Crippen LogP contribution in [0.3, 0.4) is 0 Å². The number of aliphatic hydroxyl groups excluding tert-OH is 1. The van der Waals surface area contributed by atoms with Crippen molar-refractivity contribution >= 4 is 11.5 Å². The topological polar surface area (TPSA) is 111 Å². The highest BCUT2D eigenvalue weighted by atomic mass is 19.3. The SMILES string of the molecule is CC1(C)COCCN1c1ccn2ncc(-c3cn(-c4cn(C5CCC(CO)CC5)nc4C(F)F)nn3)c2n1. The number of hydrogen-bond donors (Lipinski definition) is 1. The van der Waals surface area contributed by atoms with Gasteiger partial charge < -0.3 is 14.7 Å². The third-order valence-electron chi connectivity index (χ3n) is 7.69. The molecule has 1 saturated carbocycles. The van der Waals surface area contributed by atoms with Gasteiger partial charge in [-0.3, -0.25) is 4.68 Å². The maximum atomic E-state index is 14.0. The monoisotopic (exact) mass is 527 g/mol. The molecule has 2 aliphatic rings. The fraction of sp³-hybridized carbons (Fsp3) is 0.560. The minimum atomic E-state index is -2.76. The van der Waals surface area contributed by atoms with Crippen molar-refractivity contribution in [1.29, 1.82) is 0 Å². The molecule has 1 aliphatic carbocycles. The van der Waals surface area contributed by atoms with Gasteiger partial charge >= 0.3 is 0 Å². The first-order valence-corrected chi connectivity index (χ1v) is 12.9.